The summed E-state index contributed by atoms with van der Waals surface area (Å²) in [6, 6.07) is 5.04. The molecule has 0 unspecified atom stereocenters. The lowest BCUT2D eigenvalue weighted by Crippen LogP contribution is -2.32. The number of nitrogens with one attached hydrogen (secondary N) is 1. The lowest BCUT2D eigenvalue weighted by molar-refractivity contribution is -0.192. The van der Waals surface area contributed by atoms with Gasteiger partial charge in [0.15, 0.2) is 24.7 Å². The fourth-order valence-electron chi connectivity index (χ4n) is 1.27. The Morgan fingerprint density at radius 3 is 2.60 bits per heavy atom. The van der Waals surface area contributed by atoms with Crippen molar-refractivity contribution in [1.29, 1.82) is 0 Å². The maximum Gasteiger partial charge on any atom is 0.414 e. The van der Waals surface area contributed by atoms with E-state index in [0.717, 1.165) is 5.56 Å². The molecule has 112 valence electrons. The van der Waals surface area contributed by atoms with Crippen molar-refractivity contribution >= 4 is 5.91 Å². The lowest BCUT2D eigenvalue weighted by Gasteiger charge is -2.12. The van der Waals surface area contributed by atoms with Crippen LogP contribution in [0.5, 0.6) is 11.5 Å². The Kier molecular flexibility index (Phi) is 5.63. The summed E-state index contributed by atoms with van der Waals surface area (Å²) in [7, 11) is 1.44. The second-order valence-electron chi connectivity index (χ2n) is 3.87. The van der Waals surface area contributed by atoms with E-state index in [2.05, 4.69) is 4.84 Å². The van der Waals surface area contributed by atoms with Gasteiger partial charge in [0.05, 0.1) is 7.11 Å². The topological polar surface area (TPSA) is 56.8 Å². The molecule has 0 radical (unpaired) electrons. The molecule has 0 bridgehead atoms. The Morgan fingerprint density at radius 2 is 2.00 bits per heavy atom. The fourth-order valence-corrected chi connectivity index (χ4v) is 1.27. The minimum atomic E-state index is -4.51. The summed E-state index contributed by atoms with van der Waals surface area (Å²) < 4.78 is 45.5. The molecule has 8 heteroatoms. The van der Waals surface area contributed by atoms with Crippen molar-refractivity contribution in [3.8, 4) is 11.5 Å². The van der Waals surface area contributed by atoms with Gasteiger partial charge in [-0.1, -0.05) is 6.07 Å². The van der Waals surface area contributed by atoms with Gasteiger partial charge in [0.25, 0.3) is 5.91 Å². The van der Waals surface area contributed by atoms with Crippen LogP contribution >= 0.6 is 0 Å². The first kappa shape index (κ1) is 16.1. The third-order valence-corrected chi connectivity index (χ3v) is 2.10. The van der Waals surface area contributed by atoms with Crippen LogP contribution < -0.4 is 15.0 Å². The normalized spacial score (nSPS) is 11.1. The first-order valence-electron chi connectivity index (χ1n) is 5.56. The molecular weight excluding hydrogens is 279 g/mol. The van der Waals surface area contributed by atoms with E-state index in [4.69, 9.17) is 9.47 Å². The highest BCUT2D eigenvalue weighted by atomic mass is 19.4. The van der Waals surface area contributed by atoms with Crippen molar-refractivity contribution in [3.63, 3.8) is 0 Å². The summed E-state index contributed by atoms with van der Waals surface area (Å²) in [5.41, 5.74) is 2.57. The number of methoxy groups -OCH3 is 1. The molecule has 0 aliphatic heterocycles. The number of ether oxygens (including phenoxy) is 2. The Bertz CT molecular complexity index is 463. The molecule has 1 aromatic carbocycles. The highest BCUT2D eigenvalue weighted by Gasteiger charge is 2.28. The molecular formula is C12H14F3NO4. The van der Waals surface area contributed by atoms with Crippen LogP contribution in [-0.2, 0) is 9.63 Å². The Labute approximate surface area is 113 Å². The number of hydrogen-bond acceptors (Lipinski definition) is 4. The van der Waals surface area contributed by atoms with E-state index >= 15 is 0 Å². The quantitative estimate of drug-likeness (QED) is 0.815. The van der Waals surface area contributed by atoms with Crippen molar-refractivity contribution in [2.45, 2.75) is 13.1 Å². The van der Waals surface area contributed by atoms with E-state index in [1.54, 1.807) is 23.7 Å². The molecule has 20 heavy (non-hydrogen) atoms. The Balaban J connectivity index is 2.41. The standard InChI is InChI=1S/C12H14F3NO4/c1-8-3-4-9(10(5-8)18-2)19-6-11(17)16-20-7-12(13,14)15/h3-5H,6-7H2,1-2H3,(H,16,17). The average Bonchev–Trinajstić information content (AvgIpc) is 2.35. The second kappa shape index (κ2) is 6.99. The summed E-state index contributed by atoms with van der Waals surface area (Å²) in [5, 5.41) is 0. The predicted molar refractivity (Wildman–Crippen MR) is 63.4 cm³/mol. The monoisotopic (exact) mass is 293 g/mol. The van der Waals surface area contributed by atoms with Crippen molar-refractivity contribution in [2.75, 3.05) is 20.3 Å². The second-order valence-corrected chi connectivity index (χ2v) is 3.87. The zero-order valence-electron chi connectivity index (χ0n) is 10.9. The number of amides is 1. The van der Waals surface area contributed by atoms with Gasteiger partial charge in [-0.05, 0) is 24.6 Å². The predicted octanol–water partition coefficient (Wildman–Crippen LogP) is 1.99. The van der Waals surface area contributed by atoms with Crippen LogP contribution in [0.2, 0.25) is 0 Å². The van der Waals surface area contributed by atoms with Crippen molar-refractivity contribution < 1.29 is 32.3 Å². The van der Waals surface area contributed by atoms with Crippen LogP contribution in [-0.4, -0.2) is 32.4 Å². The molecule has 0 aliphatic carbocycles. The van der Waals surface area contributed by atoms with Crippen LogP contribution in [0.1, 0.15) is 5.56 Å². The number of hydroxylamine groups is 1. The molecule has 1 amide bonds. The molecule has 0 spiro atoms. The fraction of sp³-hybridized carbons (Fsp3) is 0.417. The number of rotatable bonds is 6. The summed E-state index contributed by atoms with van der Waals surface area (Å²) in [4.78, 5) is 15.2. The molecule has 0 atom stereocenters. The third-order valence-electron chi connectivity index (χ3n) is 2.10. The summed E-state index contributed by atoms with van der Waals surface area (Å²) in [5.74, 6) is -0.102. The average molecular weight is 293 g/mol. The number of halogens is 3. The zero-order valence-corrected chi connectivity index (χ0v) is 10.9. The molecule has 0 aliphatic rings. The first-order chi connectivity index (χ1) is 9.31. The maximum atomic E-state index is 11.8. The van der Waals surface area contributed by atoms with Gasteiger partial charge in [0.2, 0.25) is 0 Å². The molecule has 0 heterocycles. The summed E-state index contributed by atoms with van der Waals surface area (Å²) in [6.07, 6.45) is -4.51. The van der Waals surface area contributed by atoms with Gasteiger partial charge in [-0.15, -0.1) is 0 Å². The molecule has 1 rings (SSSR count). The number of alkyl halides is 3. The van der Waals surface area contributed by atoms with E-state index in [0.29, 0.717) is 11.5 Å². The van der Waals surface area contributed by atoms with Crippen LogP contribution in [0.15, 0.2) is 18.2 Å². The van der Waals surface area contributed by atoms with E-state index in [9.17, 15) is 18.0 Å². The van der Waals surface area contributed by atoms with Crippen LogP contribution in [0, 0.1) is 6.92 Å². The molecule has 1 N–H and O–H groups in total. The van der Waals surface area contributed by atoms with Gasteiger partial charge in [0, 0.05) is 0 Å². The Morgan fingerprint density at radius 1 is 1.30 bits per heavy atom. The highest BCUT2D eigenvalue weighted by Crippen LogP contribution is 2.27. The summed E-state index contributed by atoms with van der Waals surface area (Å²) >= 11 is 0. The van der Waals surface area contributed by atoms with E-state index in [1.165, 1.54) is 7.11 Å². The number of aryl methyl sites for hydroxylation is 1. The number of carbonyl (C=O) groups is 1. The van der Waals surface area contributed by atoms with Crippen molar-refractivity contribution in [1.82, 2.24) is 5.48 Å². The van der Waals surface area contributed by atoms with Crippen LogP contribution in [0.25, 0.3) is 0 Å². The van der Waals surface area contributed by atoms with Gasteiger partial charge in [-0.3, -0.25) is 9.63 Å². The lowest BCUT2D eigenvalue weighted by atomic mass is 10.2. The van der Waals surface area contributed by atoms with Gasteiger partial charge in [0.1, 0.15) is 0 Å². The van der Waals surface area contributed by atoms with E-state index in [1.807, 2.05) is 6.92 Å². The number of benzene rings is 1. The van der Waals surface area contributed by atoms with Crippen molar-refractivity contribution in [2.24, 2.45) is 0 Å². The summed E-state index contributed by atoms with van der Waals surface area (Å²) in [6.45, 7) is -0.201. The van der Waals surface area contributed by atoms with E-state index in [-0.39, 0.29) is 0 Å². The maximum absolute atomic E-state index is 11.8. The minimum absolute atomic E-state index is 0.309. The SMILES string of the molecule is COc1cc(C)ccc1OCC(=O)NOCC(F)(F)F. The minimum Gasteiger partial charge on any atom is -0.493 e. The van der Waals surface area contributed by atoms with Gasteiger partial charge < -0.3 is 9.47 Å². The molecule has 0 saturated carbocycles. The largest absolute Gasteiger partial charge is 0.493 e. The zero-order chi connectivity index (χ0) is 15.2. The number of carbonyl (C=O) groups excluding carboxylic acids is 1. The smallest absolute Gasteiger partial charge is 0.414 e. The van der Waals surface area contributed by atoms with Gasteiger partial charge in [-0.25, -0.2) is 5.48 Å². The Hall–Kier alpha value is -1.96. The molecule has 5 nitrogen and oxygen atoms in total. The molecule has 0 saturated heterocycles. The van der Waals surface area contributed by atoms with E-state index < -0.39 is 25.3 Å². The third kappa shape index (κ3) is 5.79. The van der Waals surface area contributed by atoms with Crippen LogP contribution in [0.4, 0.5) is 13.2 Å². The highest BCUT2D eigenvalue weighted by molar-refractivity contribution is 5.76. The molecule has 0 fully saturated rings. The van der Waals surface area contributed by atoms with Crippen molar-refractivity contribution in [3.05, 3.63) is 23.8 Å². The first-order valence-corrected chi connectivity index (χ1v) is 5.56. The molecule has 0 aromatic heterocycles. The number of hydrogen-bond donors (Lipinski definition) is 1. The van der Waals surface area contributed by atoms with Crippen LogP contribution in [0.3, 0.4) is 0 Å². The van der Waals surface area contributed by atoms with Gasteiger partial charge in [-0.2, -0.15) is 13.2 Å². The molecule has 1 aromatic rings. The van der Waals surface area contributed by atoms with Gasteiger partial charge >= 0.3 is 6.18 Å².